The number of sulfonamides is 1. The van der Waals surface area contributed by atoms with Crippen LogP contribution in [0, 0.1) is 0 Å². The molecule has 1 aromatic rings. The van der Waals surface area contributed by atoms with Gasteiger partial charge in [0.15, 0.2) is 0 Å². The number of hydrogen-bond acceptors (Lipinski definition) is 4. The van der Waals surface area contributed by atoms with Crippen LogP contribution in [0.4, 0.5) is 5.69 Å². The van der Waals surface area contributed by atoms with E-state index in [1.165, 1.54) is 24.5 Å². The molecule has 0 amide bonds. The van der Waals surface area contributed by atoms with Gasteiger partial charge in [-0.3, -0.25) is 4.21 Å². The van der Waals surface area contributed by atoms with Crippen molar-refractivity contribution in [1.82, 2.24) is 4.72 Å². The molecular formula is C9H13ClN2O3S2. The molecule has 0 bridgehead atoms. The van der Waals surface area contributed by atoms with Crippen molar-refractivity contribution in [2.24, 2.45) is 0 Å². The molecule has 0 saturated heterocycles. The molecule has 0 heterocycles. The highest BCUT2D eigenvalue weighted by molar-refractivity contribution is 7.89. The van der Waals surface area contributed by atoms with E-state index in [0.29, 0.717) is 5.02 Å². The Morgan fingerprint density at radius 1 is 1.47 bits per heavy atom. The average molecular weight is 297 g/mol. The number of anilines is 1. The van der Waals surface area contributed by atoms with E-state index in [-0.39, 0.29) is 22.9 Å². The lowest BCUT2D eigenvalue weighted by Crippen LogP contribution is -2.28. The molecule has 0 spiro atoms. The van der Waals surface area contributed by atoms with Crippen LogP contribution in [0.3, 0.4) is 0 Å². The fourth-order valence-electron chi connectivity index (χ4n) is 1.14. The van der Waals surface area contributed by atoms with Crippen LogP contribution in [0.15, 0.2) is 23.1 Å². The van der Waals surface area contributed by atoms with Crippen LogP contribution in [0.2, 0.25) is 5.02 Å². The van der Waals surface area contributed by atoms with Gasteiger partial charge in [-0.1, -0.05) is 11.6 Å². The average Bonchev–Trinajstić information content (AvgIpc) is 2.20. The first-order valence-corrected chi connectivity index (χ1v) is 8.26. The highest BCUT2D eigenvalue weighted by atomic mass is 35.5. The first kappa shape index (κ1) is 14.4. The van der Waals surface area contributed by atoms with E-state index in [9.17, 15) is 12.6 Å². The van der Waals surface area contributed by atoms with Crippen LogP contribution in [-0.2, 0) is 20.8 Å². The lowest BCUT2D eigenvalue weighted by molar-refractivity contribution is 0.584. The highest BCUT2D eigenvalue weighted by Crippen LogP contribution is 2.22. The van der Waals surface area contributed by atoms with Gasteiger partial charge in [-0.25, -0.2) is 13.1 Å². The van der Waals surface area contributed by atoms with Crippen molar-refractivity contribution >= 4 is 38.1 Å². The molecule has 1 atom stereocenters. The van der Waals surface area contributed by atoms with Gasteiger partial charge >= 0.3 is 0 Å². The molecule has 0 saturated carbocycles. The van der Waals surface area contributed by atoms with Gasteiger partial charge in [0.25, 0.3) is 0 Å². The van der Waals surface area contributed by atoms with Crippen molar-refractivity contribution in [3.63, 3.8) is 0 Å². The van der Waals surface area contributed by atoms with E-state index < -0.39 is 20.8 Å². The SMILES string of the molecule is CS(=O)CCNS(=O)(=O)c1cc(Cl)ccc1N. The quantitative estimate of drug-likeness (QED) is 0.778. The summed E-state index contributed by atoms with van der Waals surface area (Å²) in [6.45, 7) is 0.0946. The van der Waals surface area contributed by atoms with Crippen LogP contribution < -0.4 is 10.5 Å². The minimum atomic E-state index is -3.70. The van der Waals surface area contributed by atoms with E-state index in [2.05, 4.69) is 4.72 Å². The van der Waals surface area contributed by atoms with Crippen molar-refractivity contribution in [2.75, 3.05) is 24.3 Å². The molecule has 5 nitrogen and oxygen atoms in total. The number of hydrogen-bond donors (Lipinski definition) is 2. The van der Waals surface area contributed by atoms with Crippen LogP contribution in [-0.4, -0.2) is 31.2 Å². The molecule has 96 valence electrons. The summed E-state index contributed by atoms with van der Waals surface area (Å²) in [5, 5.41) is 0.290. The zero-order chi connectivity index (χ0) is 13.1. The monoisotopic (exact) mass is 296 g/mol. The summed E-state index contributed by atoms with van der Waals surface area (Å²) >= 11 is 5.71. The largest absolute Gasteiger partial charge is 0.398 e. The fourth-order valence-corrected chi connectivity index (χ4v) is 3.08. The Kier molecular flexibility index (Phi) is 4.93. The second-order valence-electron chi connectivity index (χ2n) is 3.36. The smallest absolute Gasteiger partial charge is 0.242 e. The second-order valence-corrected chi connectivity index (χ2v) is 7.08. The van der Waals surface area contributed by atoms with Crippen LogP contribution in [0.1, 0.15) is 0 Å². The summed E-state index contributed by atoms with van der Waals surface area (Å²) < 4.78 is 36.8. The van der Waals surface area contributed by atoms with Gasteiger partial charge in [-0.15, -0.1) is 0 Å². The Bertz CT molecular complexity index is 531. The number of rotatable bonds is 5. The molecule has 17 heavy (non-hydrogen) atoms. The van der Waals surface area contributed by atoms with E-state index in [4.69, 9.17) is 17.3 Å². The third kappa shape index (κ3) is 4.27. The van der Waals surface area contributed by atoms with Gasteiger partial charge in [-0.2, -0.15) is 0 Å². The predicted octanol–water partition coefficient (Wildman–Crippen LogP) is 0.579. The summed E-state index contributed by atoms with van der Waals surface area (Å²) in [6, 6.07) is 4.22. The Hall–Kier alpha value is -0.630. The van der Waals surface area contributed by atoms with E-state index >= 15 is 0 Å². The summed E-state index contributed by atoms with van der Waals surface area (Å²) in [7, 11) is -4.75. The number of nitrogens with two attached hydrogens (primary N) is 1. The molecule has 3 N–H and O–H groups in total. The number of nitrogens with one attached hydrogen (secondary N) is 1. The predicted molar refractivity (Wildman–Crippen MR) is 70.0 cm³/mol. The summed E-state index contributed by atoms with van der Waals surface area (Å²) in [4.78, 5) is -0.0631. The Balaban J connectivity index is 2.89. The Labute approximate surface area is 108 Å². The number of halogens is 1. The molecule has 0 aliphatic carbocycles. The molecule has 0 aromatic heterocycles. The maximum Gasteiger partial charge on any atom is 0.242 e. The molecule has 0 aliphatic rings. The van der Waals surface area contributed by atoms with Crippen LogP contribution in [0.5, 0.6) is 0 Å². The van der Waals surface area contributed by atoms with Gasteiger partial charge in [0.2, 0.25) is 10.0 Å². The minimum absolute atomic E-state index is 0.0631. The van der Waals surface area contributed by atoms with Crippen molar-refractivity contribution in [2.45, 2.75) is 4.90 Å². The molecule has 1 aromatic carbocycles. The molecule has 0 radical (unpaired) electrons. The van der Waals surface area contributed by atoms with Crippen molar-refractivity contribution in [3.05, 3.63) is 23.2 Å². The van der Waals surface area contributed by atoms with E-state index in [1.54, 1.807) is 0 Å². The number of benzene rings is 1. The zero-order valence-electron chi connectivity index (χ0n) is 9.14. The van der Waals surface area contributed by atoms with Crippen molar-refractivity contribution < 1.29 is 12.6 Å². The fraction of sp³-hybridized carbons (Fsp3) is 0.333. The maximum atomic E-state index is 11.8. The second kappa shape index (κ2) is 5.81. The van der Waals surface area contributed by atoms with Gasteiger partial charge < -0.3 is 5.73 Å². The van der Waals surface area contributed by atoms with Gasteiger partial charge in [0.1, 0.15) is 4.90 Å². The van der Waals surface area contributed by atoms with E-state index in [0.717, 1.165) is 0 Å². The first-order valence-electron chi connectivity index (χ1n) is 4.67. The summed E-state index contributed by atoms with van der Waals surface area (Å²) in [6.07, 6.45) is 1.50. The highest BCUT2D eigenvalue weighted by Gasteiger charge is 2.17. The van der Waals surface area contributed by atoms with Crippen LogP contribution >= 0.6 is 11.6 Å². The zero-order valence-corrected chi connectivity index (χ0v) is 11.5. The third-order valence-corrected chi connectivity index (χ3v) is 4.48. The molecular weight excluding hydrogens is 284 g/mol. The molecule has 1 unspecified atom stereocenters. The van der Waals surface area contributed by atoms with Crippen molar-refractivity contribution in [1.29, 1.82) is 0 Å². The van der Waals surface area contributed by atoms with E-state index in [1.807, 2.05) is 0 Å². The maximum absolute atomic E-state index is 11.8. The topological polar surface area (TPSA) is 89.3 Å². The lowest BCUT2D eigenvalue weighted by Gasteiger charge is -2.08. The normalized spacial score (nSPS) is 13.5. The first-order chi connectivity index (χ1) is 7.83. The lowest BCUT2D eigenvalue weighted by atomic mass is 10.3. The summed E-state index contributed by atoms with van der Waals surface area (Å²) in [5.74, 6) is 0.250. The van der Waals surface area contributed by atoms with Gasteiger partial charge in [0.05, 0.1) is 5.69 Å². The third-order valence-electron chi connectivity index (χ3n) is 1.95. The molecule has 8 heteroatoms. The van der Waals surface area contributed by atoms with Crippen molar-refractivity contribution in [3.8, 4) is 0 Å². The summed E-state index contributed by atoms with van der Waals surface area (Å²) in [5.41, 5.74) is 5.69. The Morgan fingerprint density at radius 3 is 2.71 bits per heavy atom. The van der Waals surface area contributed by atoms with Gasteiger partial charge in [-0.05, 0) is 18.2 Å². The molecule has 0 aliphatic heterocycles. The molecule has 0 fully saturated rings. The minimum Gasteiger partial charge on any atom is -0.398 e. The number of nitrogen functional groups attached to an aromatic ring is 1. The Morgan fingerprint density at radius 2 is 2.12 bits per heavy atom. The van der Waals surface area contributed by atoms with Gasteiger partial charge in [0, 0.05) is 34.4 Å². The molecule has 1 rings (SSSR count). The standard InChI is InChI=1S/C9H13ClN2O3S2/c1-16(13)5-4-12-17(14,15)9-6-7(10)2-3-8(9)11/h2-3,6,12H,4-5,11H2,1H3. The van der Waals surface area contributed by atoms with Crippen LogP contribution in [0.25, 0.3) is 0 Å².